The molecule has 0 aromatic carbocycles. The molecule has 3 nitrogen and oxygen atoms in total. The molecule has 1 rings (SSSR count). The Morgan fingerprint density at radius 1 is 1.31 bits per heavy atom. The van der Waals surface area contributed by atoms with Gasteiger partial charge in [0, 0.05) is 38.0 Å². The van der Waals surface area contributed by atoms with Gasteiger partial charge in [0.15, 0.2) is 6.29 Å². The van der Waals surface area contributed by atoms with Crippen LogP contribution in [0.5, 0.6) is 0 Å². The molecule has 1 aliphatic heterocycles. The summed E-state index contributed by atoms with van der Waals surface area (Å²) in [6.45, 7) is 6.47. The van der Waals surface area contributed by atoms with Crippen LogP contribution in [0.2, 0.25) is 0 Å². The van der Waals surface area contributed by atoms with Gasteiger partial charge in [0.25, 0.3) is 0 Å². The van der Waals surface area contributed by atoms with Crippen molar-refractivity contribution in [2.45, 2.75) is 45.4 Å². The maximum atomic E-state index is 5.50. The molecular weight excluding hydrogens is 222 g/mol. The maximum absolute atomic E-state index is 5.50. The molecular formula is C12H25NO2S. The van der Waals surface area contributed by atoms with E-state index in [0.717, 1.165) is 26.2 Å². The highest BCUT2D eigenvalue weighted by molar-refractivity contribution is 7.99. The molecule has 1 atom stereocenters. The first-order valence-electron chi connectivity index (χ1n) is 6.41. The zero-order chi connectivity index (χ0) is 11.6. The second-order valence-electron chi connectivity index (χ2n) is 4.00. The number of thioether (sulfide) groups is 1. The fraction of sp³-hybridized carbons (Fsp3) is 1.00. The molecule has 1 saturated heterocycles. The van der Waals surface area contributed by atoms with Crippen molar-refractivity contribution in [1.29, 1.82) is 0 Å². The highest BCUT2D eigenvalue weighted by atomic mass is 32.2. The summed E-state index contributed by atoms with van der Waals surface area (Å²) >= 11 is 2.06. The lowest BCUT2D eigenvalue weighted by molar-refractivity contribution is -0.138. The molecule has 0 aliphatic carbocycles. The standard InChI is InChI=1S/C12H25NO2S/c1-3-14-12(15-4-2)7-8-13-11-6-5-9-16-10-11/h11-13H,3-10H2,1-2H3. The second-order valence-corrected chi connectivity index (χ2v) is 5.15. The summed E-state index contributed by atoms with van der Waals surface area (Å²) < 4.78 is 11.0. The summed E-state index contributed by atoms with van der Waals surface area (Å²) in [6.07, 6.45) is 3.59. The Balaban J connectivity index is 2.06. The number of hydrogen-bond donors (Lipinski definition) is 1. The molecule has 0 aromatic heterocycles. The average Bonchev–Trinajstić information content (AvgIpc) is 2.31. The van der Waals surface area contributed by atoms with Gasteiger partial charge in [-0.25, -0.2) is 0 Å². The Kier molecular flexibility index (Phi) is 8.29. The van der Waals surface area contributed by atoms with Gasteiger partial charge in [-0.05, 0) is 32.4 Å². The van der Waals surface area contributed by atoms with Crippen LogP contribution in [0, 0.1) is 0 Å². The smallest absolute Gasteiger partial charge is 0.158 e. The minimum atomic E-state index is -0.0289. The number of nitrogens with one attached hydrogen (secondary N) is 1. The van der Waals surface area contributed by atoms with Crippen molar-refractivity contribution < 1.29 is 9.47 Å². The highest BCUT2D eigenvalue weighted by Gasteiger charge is 2.14. The van der Waals surface area contributed by atoms with Gasteiger partial charge in [0.2, 0.25) is 0 Å². The SMILES string of the molecule is CCOC(CCNC1CCCSC1)OCC. The van der Waals surface area contributed by atoms with Gasteiger partial charge in [-0.15, -0.1) is 0 Å². The quantitative estimate of drug-likeness (QED) is 0.667. The van der Waals surface area contributed by atoms with Crippen molar-refractivity contribution in [3.05, 3.63) is 0 Å². The van der Waals surface area contributed by atoms with Crippen LogP contribution in [0.4, 0.5) is 0 Å². The van der Waals surface area contributed by atoms with E-state index < -0.39 is 0 Å². The van der Waals surface area contributed by atoms with Crippen LogP contribution in [0.25, 0.3) is 0 Å². The Morgan fingerprint density at radius 2 is 2.06 bits per heavy atom. The lowest BCUT2D eigenvalue weighted by atomic mass is 10.2. The van der Waals surface area contributed by atoms with E-state index in [1.54, 1.807) is 0 Å². The fourth-order valence-corrected chi connectivity index (χ4v) is 3.00. The molecule has 4 heteroatoms. The molecule has 0 spiro atoms. The maximum Gasteiger partial charge on any atom is 0.158 e. The van der Waals surface area contributed by atoms with Crippen molar-refractivity contribution in [3.63, 3.8) is 0 Å². The first kappa shape index (κ1) is 14.3. The van der Waals surface area contributed by atoms with Crippen LogP contribution in [-0.4, -0.2) is 43.6 Å². The predicted molar refractivity (Wildman–Crippen MR) is 70.0 cm³/mol. The van der Waals surface area contributed by atoms with Gasteiger partial charge in [0.1, 0.15) is 0 Å². The van der Waals surface area contributed by atoms with Crippen molar-refractivity contribution in [3.8, 4) is 0 Å². The third kappa shape index (κ3) is 6.09. The van der Waals surface area contributed by atoms with Crippen molar-refractivity contribution in [2.24, 2.45) is 0 Å². The van der Waals surface area contributed by atoms with E-state index in [9.17, 15) is 0 Å². The van der Waals surface area contributed by atoms with Gasteiger partial charge >= 0.3 is 0 Å². The normalized spacial score (nSPS) is 21.6. The summed E-state index contributed by atoms with van der Waals surface area (Å²) in [6, 6.07) is 0.697. The average molecular weight is 247 g/mol. The molecule has 96 valence electrons. The van der Waals surface area contributed by atoms with Gasteiger partial charge in [-0.1, -0.05) is 0 Å². The Bertz CT molecular complexity index is 157. The minimum Gasteiger partial charge on any atom is -0.353 e. The topological polar surface area (TPSA) is 30.5 Å². The number of hydrogen-bond acceptors (Lipinski definition) is 4. The van der Waals surface area contributed by atoms with Crippen molar-refractivity contribution >= 4 is 11.8 Å². The summed E-state index contributed by atoms with van der Waals surface area (Å²) in [5.74, 6) is 2.59. The summed E-state index contributed by atoms with van der Waals surface area (Å²) in [5, 5.41) is 3.59. The molecule has 16 heavy (non-hydrogen) atoms. The predicted octanol–water partition coefficient (Wildman–Crippen LogP) is 2.26. The van der Waals surface area contributed by atoms with Crippen LogP contribution in [0.3, 0.4) is 0 Å². The zero-order valence-corrected chi connectivity index (χ0v) is 11.4. The lowest BCUT2D eigenvalue weighted by Crippen LogP contribution is -2.36. The summed E-state index contributed by atoms with van der Waals surface area (Å²) in [7, 11) is 0. The second kappa shape index (κ2) is 9.28. The molecule has 0 radical (unpaired) electrons. The molecule has 1 fully saturated rings. The first-order valence-corrected chi connectivity index (χ1v) is 7.56. The molecule has 0 bridgehead atoms. The zero-order valence-electron chi connectivity index (χ0n) is 10.5. The first-order chi connectivity index (χ1) is 7.86. The lowest BCUT2D eigenvalue weighted by Gasteiger charge is -2.24. The van der Waals surface area contributed by atoms with Gasteiger partial charge < -0.3 is 14.8 Å². The van der Waals surface area contributed by atoms with Crippen LogP contribution in [0.15, 0.2) is 0 Å². The van der Waals surface area contributed by atoms with Crippen molar-refractivity contribution in [2.75, 3.05) is 31.3 Å². The molecule has 0 amide bonds. The number of rotatable bonds is 8. The van der Waals surface area contributed by atoms with E-state index in [0.29, 0.717) is 6.04 Å². The monoisotopic (exact) mass is 247 g/mol. The van der Waals surface area contributed by atoms with Crippen LogP contribution in [-0.2, 0) is 9.47 Å². The number of ether oxygens (including phenoxy) is 2. The highest BCUT2D eigenvalue weighted by Crippen LogP contribution is 2.16. The summed E-state index contributed by atoms with van der Waals surface area (Å²) in [5.41, 5.74) is 0. The van der Waals surface area contributed by atoms with E-state index in [4.69, 9.17) is 9.47 Å². The third-order valence-corrected chi connectivity index (χ3v) is 3.89. The Labute approximate surface area is 104 Å². The van der Waals surface area contributed by atoms with Gasteiger partial charge in [-0.3, -0.25) is 0 Å². The van der Waals surface area contributed by atoms with Crippen molar-refractivity contribution in [1.82, 2.24) is 5.32 Å². The molecule has 1 unspecified atom stereocenters. The van der Waals surface area contributed by atoms with E-state index in [-0.39, 0.29) is 6.29 Å². The molecule has 0 aromatic rings. The molecule has 0 saturated carbocycles. The third-order valence-electron chi connectivity index (χ3n) is 2.68. The molecule has 1 aliphatic rings. The van der Waals surface area contributed by atoms with E-state index >= 15 is 0 Å². The largest absolute Gasteiger partial charge is 0.353 e. The van der Waals surface area contributed by atoms with Crippen LogP contribution in [0.1, 0.15) is 33.1 Å². The Hall–Kier alpha value is 0.230. The van der Waals surface area contributed by atoms with E-state index in [2.05, 4.69) is 17.1 Å². The van der Waals surface area contributed by atoms with Gasteiger partial charge in [-0.2, -0.15) is 11.8 Å². The van der Waals surface area contributed by atoms with Gasteiger partial charge in [0.05, 0.1) is 0 Å². The summed E-state index contributed by atoms with van der Waals surface area (Å²) in [4.78, 5) is 0. The van der Waals surface area contributed by atoms with Crippen LogP contribution >= 0.6 is 11.8 Å². The molecule has 1 heterocycles. The van der Waals surface area contributed by atoms with Crippen LogP contribution < -0.4 is 5.32 Å². The minimum absolute atomic E-state index is 0.0289. The van der Waals surface area contributed by atoms with E-state index in [1.165, 1.54) is 24.3 Å². The Morgan fingerprint density at radius 3 is 2.62 bits per heavy atom. The van der Waals surface area contributed by atoms with E-state index in [1.807, 2.05) is 13.8 Å². The molecule has 1 N–H and O–H groups in total. The fourth-order valence-electron chi connectivity index (χ4n) is 1.89.